The van der Waals surface area contributed by atoms with Crippen LogP contribution >= 0.6 is 0 Å². The molecule has 18 heavy (non-hydrogen) atoms. The lowest BCUT2D eigenvalue weighted by atomic mass is 10.1. The van der Waals surface area contributed by atoms with E-state index in [1.807, 2.05) is 6.20 Å². The maximum absolute atomic E-state index is 11.6. The predicted molar refractivity (Wildman–Crippen MR) is 68.3 cm³/mol. The number of aliphatic hydroxyl groups excluding tert-OH is 1. The van der Waals surface area contributed by atoms with Gasteiger partial charge in [0.15, 0.2) is 0 Å². The summed E-state index contributed by atoms with van der Waals surface area (Å²) in [6.07, 6.45) is 6.42. The summed E-state index contributed by atoms with van der Waals surface area (Å²) in [6.45, 7) is 3.59. The summed E-state index contributed by atoms with van der Waals surface area (Å²) in [4.78, 5) is 11.6. The van der Waals surface area contributed by atoms with Crippen molar-refractivity contribution in [1.82, 2.24) is 15.1 Å². The number of nitrogens with one attached hydrogen (secondary N) is 2. The molecule has 6 heteroatoms. The highest BCUT2D eigenvalue weighted by atomic mass is 16.3. The molecule has 100 valence electrons. The van der Waals surface area contributed by atoms with Gasteiger partial charge in [-0.2, -0.15) is 5.10 Å². The molecule has 1 saturated carbocycles. The van der Waals surface area contributed by atoms with Crippen LogP contribution in [0.5, 0.6) is 0 Å². The van der Waals surface area contributed by atoms with E-state index in [1.165, 1.54) is 0 Å². The zero-order valence-electron chi connectivity index (χ0n) is 10.6. The zero-order chi connectivity index (χ0) is 13.0. The first-order chi connectivity index (χ1) is 8.67. The molecule has 0 atom stereocenters. The van der Waals surface area contributed by atoms with Crippen molar-refractivity contribution < 1.29 is 9.90 Å². The van der Waals surface area contributed by atoms with Crippen molar-refractivity contribution in [3.63, 3.8) is 0 Å². The molecule has 0 aromatic carbocycles. The number of carbonyl (C=O) groups is 1. The Kier molecular flexibility index (Phi) is 3.86. The number of nitrogens with zero attached hydrogens (tertiary/aromatic N) is 2. The highest BCUT2D eigenvalue weighted by Crippen LogP contribution is 2.44. The van der Waals surface area contributed by atoms with E-state index in [1.54, 1.807) is 10.9 Å². The van der Waals surface area contributed by atoms with Gasteiger partial charge in [0.05, 0.1) is 18.5 Å². The summed E-state index contributed by atoms with van der Waals surface area (Å²) in [5.41, 5.74) is 0.624. The molecule has 0 radical (unpaired) electrons. The molecule has 0 unspecified atom stereocenters. The van der Waals surface area contributed by atoms with Gasteiger partial charge in [0.2, 0.25) is 0 Å². The lowest BCUT2D eigenvalue weighted by molar-refractivity contribution is 0.206. The molecule has 2 rings (SSSR count). The summed E-state index contributed by atoms with van der Waals surface area (Å²) >= 11 is 0. The summed E-state index contributed by atoms with van der Waals surface area (Å²) < 4.78 is 1.80. The van der Waals surface area contributed by atoms with Crippen LogP contribution in [-0.4, -0.2) is 34.1 Å². The molecule has 1 aromatic rings. The standard InChI is InChI=1S/C12H20N4O2/c1-2-5-16-7-10(6-14-16)15-11(18)13-8-12(9-17)3-4-12/h6-7,17H,2-5,8-9H2,1H3,(H2,13,15,18). The third-order valence-corrected chi connectivity index (χ3v) is 3.26. The number of hydrogen-bond acceptors (Lipinski definition) is 3. The van der Waals surface area contributed by atoms with Crippen molar-refractivity contribution in [1.29, 1.82) is 0 Å². The Hall–Kier alpha value is -1.56. The smallest absolute Gasteiger partial charge is 0.319 e. The van der Waals surface area contributed by atoms with Gasteiger partial charge < -0.3 is 15.7 Å². The second kappa shape index (κ2) is 5.39. The summed E-state index contributed by atoms with van der Waals surface area (Å²) in [5, 5.41) is 18.8. The molecule has 1 aromatic heterocycles. The Labute approximate surface area is 106 Å². The number of carbonyl (C=O) groups excluding carboxylic acids is 1. The van der Waals surface area contributed by atoms with Crippen molar-refractivity contribution in [2.75, 3.05) is 18.5 Å². The molecule has 1 aliphatic rings. The molecule has 6 nitrogen and oxygen atoms in total. The Bertz CT molecular complexity index is 412. The predicted octanol–water partition coefficient (Wildman–Crippen LogP) is 1.19. The van der Waals surface area contributed by atoms with Crippen molar-refractivity contribution in [3.05, 3.63) is 12.4 Å². The molecule has 0 bridgehead atoms. The Balaban J connectivity index is 1.76. The van der Waals surface area contributed by atoms with E-state index >= 15 is 0 Å². The maximum Gasteiger partial charge on any atom is 0.319 e. The number of amides is 2. The van der Waals surface area contributed by atoms with Crippen LogP contribution in [-0.2, 0) is 6.54 Å². The molecule has 0 saturated heterocycles. The fraction of sp³-hybridized carbons (Fsp3) is 0.667. The fourth-order valence-corrected chi connectivity index (χ4v) is 1.79. The Morgan fingerprint density at radius 3 is 3.00 bits per heavy atom. The van der Waals surface area contributed by atoms with E-state index in [2.05, 4.69) is 22.7 Å². The SMILES string of the molecule is CCCn1cc(NC(=O)NCC2(CO)CC2)cn1. The Morgan fingerprint density at radius 1 is 1.61 bits per heavy atom. The Morgan fingerprint density at radius 2 is 2.39 bits per heavy atom. The summed E-state index contributed by atoms with van der Waals surface area (Å²) in [6, 6.07) is -0.245. The minimum atomic E-state index is -0.245. The number of anilines is 1. The van der Waals surface area contributed by atoms with E-state index in [9.17, 15) is 4.79 Å². The lowest BCUT2D eigenvalue weighted by Crippen LogP contribution is -2.34. The molecule has 1 aliphatic carbocycles. The third-order valence-electron chi connectivity index (χ3n) is 3.26. The van der Waals surface area contributed by atoms with Crippen LogP contribution in [0.1, 0.15) is 26.2 Å². The van der Waals surface area contributed by atoms with Crippen molar-refractivity contribution >= 4 is 11.7 Å². The number of hydrogen-bond donors (Lipinski definition) is 3. The van der Waals surface area contributed by atoms with Crippen molar-refractivity contribution in [3.8, 4) is 0 Å². The van der Waals surface area contributed by atoms with Crippen LogP contribution in [0, 0.1) is 5.41 Å². The van der Waals surface area contributed by atoms with Crippen LogP contribution in [0.3, 0.4) is 0 Å². The molecule has 1 fully saturated rings. The second-order valence-electron chi connectivity index (χ2n) is 4.96. The highest BCUT2D eigenvalue weighted by molar-refractivity contribution is 5.88. The maximum atomic E-state index is 11.6. The van der Waals surface area contributed by atoms with Gasteiger partial charge in [-0.15, -0.1) is 0 Å². The molecule has 3 N–H and O–H groups in total. The number of rotatable bonds is 6. The van der Waals surface area contributed by atoms with Gasteiger partial charge >= 0.3 is 6.03 Å². The summed E-state index contributed by atoms with van der Waals surface area (Å²) in [7, 11) is 0. The monoisotopic (exact) mass is 252 g/mol. The highest BCUT2D eigenvalue weighted by Gasteiger charge is 2.42. The van der Waals surface area contributed by atoms with Crippen LogP contribution in [0.2, 0.25) is 0 Å². The van der Waals surface area contributed by atoms with Gasteiger partial charge in [-0.25, -0.2) is 4.79 Å². The van der Waals surface area contributed by atoms with E-state index in [0.717, 1.165) is 25.8 Å². The van der Waals surface area contributed by atoms with Crippen LogP contribution in [0.4, 0.5) is 10.5 Å². The zero-order valence-corrected chi connectivity index (χ0v) is 10.6. The lowest BCUT2D eigenvalue weighted by Gasteiger charge is -2.12. The van der Waals surface area contributed by atoms with Gasteiger partial charge in [0, 0.05) is 24.7 Å². The minimum Gasteiger partial charge on any atom is -0.396 e. The number of urea groups is 1. The third kappa shape index (κ3) is 3.22. The van der Waals surface area contributed by atoms with Crippen LogP contribution in [0.15, 0.2) is 12.4 Å². The van der Waals surface area contributed by atoms with E-state index in [4.69, 9.17) is 5.11 Å². The molecule has 1 heterocycles. The van der Waals surface area contributed by atoms with E-state index in [0.29, 0.717) is 12.2 Å². The number of aryl methyl sites for hydroxylation is 1. The van der Waals surface area contributed by atoms with Gasteiger partial charge in [-0.3, -0.25) is 4.68 Å². The normalized spacial score (nSPS) is 16.3. The molecule has 2 amide bonds. The molecular weight excluding hydrogens is 232 g/mol. The number of aliphatic hydroxyl groups is 1. The van der Waals surface area contributed by atoms with E-state index in [-0.39, 0.29) is 18.1 Å². The largest absolute Gasteiger partial charge is 0.396 e. The molecule has 0 aliphatic heterocycles. The van der Waals surface area contributed by atoms with E-state index < -0.39 is 0 Å². The first-order valence-electron chi connectivity index (χ1n) is 6.36. The first-order valence-corrected chi connectivity index (χ1v) is 6.36. The first kappa shape index (κ1) is 12.9. The molecular formula is C12H20N4O2. The second-order valence-corrected chi connectivity index (χ2v) is 4.96. The van der Waals surface area contributed by atoms with Gasteiger partial charge in [0.25, 0.3) is 0 Å². The minimum absolute atomic E-state index is 0.0657. The van der Waals surface area contributed by atoms with Gasteiger partial charge in [-0.05, 0) is 19.3 Å². The van der Waals surface area contributed by atoms with Crippen LogP contribution < -0.4 is 10.6 Å². The van der Waals surface area contributed by atoms with Crippen molar-refractivity contribution in [2.45, 2.75) is 32.7 Å². The topological polar surface area (TPSA) is 79.2 Å². The average molecular weight is 252 g/mol. The summed E-state index contributed by atoms with van der Waals surface area (Å²) in [5.74, 6) is 0. The molecule has 0 spiro atoms. The van der Waals surface area contributed by atoms with Gasteiger partial charge in [0.1, 0.15) is 0 Å². The average Bonchev–Trinajstić information content (AvgIpc) is 3.03. The van der Waals surface area contributed by atoms with Crippen LogP contribution in [0.25, 0.3) is 0 Å². The van der Waals surface area contributed by atoms with Gasteiger partial charge in [-0.1, -0.05) is 6.92 Å². The van der Waals surface area contributed by atoms with Crippen molar-refractivity contribution in [2.24, 2.45) is 5.41 Å². The number of aromatic nitrogens is 2. The quantitative estimate of drug-likeness (QED) is 0.711. The fourth-order valence-electron chi connectivity index (χ4n) is 1.79.